The number of nitrogens with zero attached hydrogens (tertiary/aromatic N) is 4. The summed E-state index contributed by atoms with van der Waals surface area (Å²) in [4.78, 5) is 12.3. The molecular weight excluding hydrogens is 416 g/mol. The summed E-state index contributed by atoms with van der Waals surface area (Å²) in [7, 11) is 0. The molecule has 0 aliphatic carbocycles. The van der Waals surface area contributed by atoms with E-state index < -0.39 is 18.4 Å². The second-order valence-electron chi connectivity index (χ2n) is 6.13. The number of hydrogen-bond donors (Lipinski definition) is 2. The number of rotatable bonds is 7. The van der Waals surface area contributed by atoms with Gasteiger partial charge >= 0.3 is 6.18 Å². The molecule has 0 unspecified atom stereocenters. The number of halogens is 4. The number of alkyl halides is 4. The molecule has 0 saturated carbocycles. The normalized spacial score (nSPS) is 16.3. The lowest BCUT2D eigenvalue weighted by Gasteiger charge is -2.30. The first-order valence-corrected chi connectivity index (χ1v) is 10.7. The van der Waals surface area contributed by atoms with Gasteiger partial charge in [0.2, 0.25) is 5.95 Å². The van der Waals surface area contributed by atoms with Crippen LogP contribution in [0.25, 0.3) is 10.6 Å². The summed E-state index contributed by atoms with van der Waals surface area (Å²) >= 11 is 2.68. The molecule has 28 heavy (non-hydrogen) atoms. The van der Waals surface area contributed by atoms with Gasteiger partial charge in [0.05, 0.1) is 10.6 Å². The SMILES string of the molecule is CSN1CCC(Nc2ncc(C(F)(F)F)c(-c3cnc(NCCF)s3)n2)CC1. The van der Waals surface area contributed by atoms with Crippen LogP contribution < -0.4 is 10.6 Å². The maximum atomic E-state index is 13.4. The predicted molar refractivity (Wildman–Crippen MR) is 104 cm³/mol. The molecule has 0 amide bonds. The molecule has 3 rings (SSSR count). The van der Waals surface area contributed by atoms with Gasteiger partial charge in [-0.05, 0) is 19.1 Å². The number of nitrogens with one attached hydrogen (secondary N) is 2. The molecule has 0 spiro atoms. The van der Waals surface area contributed by atoms with Crippen LogP contribution in [-0.2, 0) is 6.18 Å². The minimum absolute atomic E-state index is 0.0460. The van der Waals surface area contributed by atoms with Crippen LogP contribution in [0.1, 0.15) is 18.4 Å². The Hall–Kier alpha value is -1.66. The minimum atomic E-state index is -4.59. The average molecular weight is 437 g/mol. The van der Waals surface area contributed by atoms with Crippen molar-refractivity contribution in [3.63, 3.8) is 0 Å². The van der Waals surface area contributed by atoms with E-state index in [0.29, 0.717) is 5.13 Å². The zero-order valence-electron chi connectivity index (χ0n) is 15.1. The van der Waals surface area contributed by atoms with Gasteiger partial charge in [0.15, 0.2) is 5.13 Å². The van der Waals surface area contributed by atoms with E-state index >= 15 is 0 Å². The number of hydrogen-bond acceptors (Lipinski definition) is 8. The molecule has 154 valence electrons. The Morgan fingerprint density at radius 1 is 1.25 bits per heavy atom. The Morgan fingerprint density at radius 3 is 2.64 bits per heavy atom. The van der Waals surface area contributed by atoms with Crippen LogP contribution in [0.2, 0.25) is 0 Å². The van der Waals surface area contributed by atoms with Crippen LogP contribution in [-0.4, -0.2) is 57.9 Å². The van der Waals surface area contributed by atoms with Crippen molar-refractivity contribution in [2.24, 2.45) is 0 Å². The molecule has 1 saturated heterocycles. The van der Waals surface area contributed by atoms with Crippen LogP contribution in [0.5, 0.6) is 0 Å². The fraction of sp³-hybridized carbons (Fsp3) is 0.562. The van der Waals surface area contributed by atoms with Crippen LogP contribution in [0.3, 0.4) is 0 Å². The summed E-state index contributed by atoms with van der Waals surface area (Å²) in [5.41, 5.74) is -1.15. The molecule has 3 heterocycles. The summed E-state index contributed by atoms with van der Waals surface area (Å²) in [6.07, 6.45) is 1.26. The Balaban J connectivity index is 1.82. The fourth-order valence-corrected chi connectivity index (χ4v) is 4.25. The molecule has 2 N–H and O–H groups in total. The largest absolute Gasteiger partial charge is 0.420 e. The molecule has 1 fully saturated rings. The molecule has 2 aromatic rings. The average Bonchev–Trinajstić information content (AvgIpc) is 3.15. The summed E-state index contributed by atoms with van der Waals surface area (Å²) in [6, 6.07) is 0.108. The molecule has 1 aliphatic heterocycles. The summed E-state index contributed by atoms with van der Waals surface area (Å²) in [6.45, 7) is 1.24. The number of thiazole rings is 1. The van der Waals surface area contributed by atoms with E-state index in [4.69, 9.17) is 0 Å². The maximum Gasteiger partial charge on any atom is 0.420 e. The lowest BCUT2D eigenvalue weighted by Crippen LogP contribution is -2.35. The molecule has 6 nitrogen and oxygen atoms in total. The van der Waals surface area contributed by atoms with Crippen molar-refractivity contribution in [2.45, 2.75) is 25.1 Å². The van der Waals surface area contributed by atoms with Gasteiger partial charge < -0.3 is 10.6 Å². The zero-order valence-corrected chi connectivity index (χ0v) is 16.7. The standard InChI is InChI=1S/C16H20F4N6S2/c1-27-26-6-2-10(3-7-26)24-14-22-8-11(16(18,19)20)13(25-14)12-9-23-15(28-12)21-5-4-17/h8-10H,2-7H2,1H3,(H,21,23)(H,22,24,25). The Bertz CT molecular complexity index is 777. The first-order chi connectivity index (χ1) is 13.4. The van der Waals surface area contributed by atoms with E-state index in [0.717, 1.165) is 43.5 Å². The Labute approximate surface area is 168 Å². The Morgan fingerprint density at radius 2 is 2.00 bits per heavy atom. The van der Waals surface area contributed by atoms with Crippen molar-refractivity contribution in [1.29, 1.82) is 0 Å². The highest BCUT2D eigenvalue weighted by molar-refractivity contribution is 7.96. The van der Waals surface area contributed by atoms with Gasteiger partial charge in [-0.3, -0.25) is 4.31 Å². The highest BCUT2D eigenvalue weighted by Gasteiger charge is 2.36. The quantitative estimate of drug-likeness (QED) is 0.499. The number of piperidine rings is 1. The first kappa shape index (κ1) is 21.1. The smallest absolute Gasteiger partial charge is 0.359 e. The van der Waals surface area contributed by atoms with Crippen molar-refractivity contribution in [3.8, 4) is 10.6 Å². The summed E-state index contributed by atoms with van der Waals surface area (Å²) in [5.74, 6) is 0.164. The van der Waals surface area contributed by atoms with E-state index in [-0.39, 0.29) is 29.1 Å². The minimum Gasteiger partial charge on any atom is -0.359 e. The summed E-state index contributed by atoms with van der Waals surface area (Å²) < 4.78 is 54.8. The topological polar surface area (TPSA) is 66.0 Å². The highest BCUT2D eigenvalue weighted by atomic mass is 32.2. The fourth-order valence-electron chi connectivity index (χ4n) is 2.83. The number of aromatic nitrogens is 3. The lowest BCUT2D eigenvalue weighted by molar-refractivity contribution is -0.137. The zero-order chi connectivity index (χ0) is 20.1. The van der Waals surface area contributed by atoms with E-state index in [2.05, 4.69) is 29.9 Å². The van der Waals surface area contributed by atoms with Gasteiger partial charge in [0.25, 0.3) is 0 Å². The molecule has 0 radical (unpaired) electrons. The third-order valence-electron chi connectivity index (χ3n) is 4.25. The molecule has 12 heteroatoms. The third kappa shape index (κ3) is 5.23. The molecule has 0 bridgehead atoms. The highest BCUT2D eigenvalue weighted by Crippen LogP contribution is 2.38. The van der Waals surface area contributed by atoms with Crippen molar-refractivity contribution >= 4 is 34.4 Å². The summed E-state index contributed by atoms with van der Waals surface area (Å²) in [5, 5.41) is 6.21. The Kier molecular flexibility index (Phi) is 6.94. The van der Waals surface area contributed by atoms with Crippen molar-refractivity contribution in [2.75, 3.05) is 43.2 Å². The van der Waals surface area contributed by atoms with E-state index in [1.165, 1.54) is 6.20 Å². The third-order valence-corrected chi connectivity index (χ3v) is 6.09. The van der Waals surface area contributed by atoms with Crippen molar-refractivity contribution in [3.05, 3.63) is 18.0 Å². The van der Waals surface area contributed by atoms with Crippen LogP contribution in [0.4, 0.5) is 28.6 Å². The second kappa shape index (κ2) is 9.23. The van der Waals surface area contributed by atoms with Gasteiger partial charge in [-0.25, -0.2) is 19.3 Å². The molecule has 0 atom stereocenters. The maximum absolute atomic E-state index is 13.4. The van der Waals surface area contributed by atoms with Crippen LogP contribution >= 0.6 is 23.3 Å². The van der Waals surface area contributed by atoms with Gasteiger partial charge in [0, 0.05) is 38.1 Å². The number of anilines is 2. The van der Waals surface area contributed by atoms with E-state index in [1.54, 1.807) is 11.9 Å². The second-order valence-corrected chi connectivity index (χ2v) is 8.04. The molecule has 1 aliphatic rings. The lowest BCUT2D eigenvalue weighted by atomic mass is 10.1. The predicted octanol–water partition coefficient (Wildman–Crippen LogP) is 4.15. The van der Waals surface area contributed by atoms with Gasteiger partial charge in [-0.2, -0.15) is 13.2 Å². The van der Waals surface area contributed by atoms with Crippen molar-refractivity contribution < 1.29 is 17.6 Å². The monoisotopic (exact) mass is 436 g/mol. The van der Waals surface area contributed by atoms with Crippen LogP contribution in [0, 0.1) is 0 Å². The van der Waals surface area contributed by atoms with Gasteiger partial charge in [-0.15, -0.1) is 0 Å². The first-order valence-electron chi connectivity index (χ1n) is 8.66. The molecule has 2 aromatic heterocycles. The van der Waals surface area contributed by atoms with Crippen molar-refractivity contribution in [1.82, 2.24) is 19.3 Å². The van der Waals surface area contributed by atoms with Crippen LogP contribution in [0.15, 0.2) is 12.4 Å². The van der Waals surface area contributed by atoms with E-state index in [1.807, 2.05) is 6.26 Å². The molecular formula is C16H20F4N6S2. The van der Waals surface area contributed by atoms with Gasteiger partial charge in [-0.1, -0.05) is 23.3 Å². The molecule has 0 aromatic carbocycles. The van der Waals surface area contributed by atoms with Gasteiger partial charge in [0.1, 0.15) is 12.2 Å². The van der Waals surface area contributed by atoms with E-state index in [9.17, 15) is 17.6 Å².